The topological polar surface area (TPSA) is 144 Å². The van der Waals surface area contributed by atoms with Gasteiger partial charge in [-0.1, -0.05) is 48.4 Å². The Bertz CT molecular complexity index is 1470. The number of carbonyl (C=O) groups is 2. The molecule has 3 aromatic rings. The van der Waals surface area contributed by atoms with Crippen molar-refractivity contribution in [1.82, 2.24) is 15.1 Å². The van der Waals surface area contributed by atoms with Crippen molar-refractivity contribution in [2.45, 2.75) is 30.9 Å². The maximum atomic E-state index is 13.3. The molecular formula is C30H33N3O8S. The van der Waals surface area contributed by atoms with Gasteiger partial charge in [-0.05, 0) is 60.9 Å². The van der Waals surface area contributed by atoms with Crippen molar-refractivity contribution < 1.29 is 37.4 Å². The van der Waals surface area contributed by atoms with E-state index in [1.807, 2.05) is 30.3 Å². The second-order valence-corrected chi connectivity index (χ2v) is 10.8. The average Bonchev–Trinajstić information content (AvgIpc) is 3.01. The van der Waals surface area contributed by atoms with Crippen LogP contribution in [0.25, 0.3) is 0 Å². The van der Waals surface area contributed by atoms with E-state index >= 15 is 0 Å². The Morgan fingerprint density at radius 1 is 0.952 bits per heavy atom. The molecule has 0 aliphatic rings. The van der Waals surface area contributed by atoms with Gasteiger partial charge in [0, 0.05) is 13.6 Å². The van der Waals surface area contributed by atoms with Crippen LogP contribution in [0, 0.1) is 11.8 Å². The average molecular weight is 596 g/mol. The van der Waals surface area contributed by atoms with E-state index in [0.717, 1.165) is 9.87 Å². The van der Waals surface area contributed by atoms with Crippen LogP contribution in [0.2, 0.25) is 0 Å². The molecule has 0 spiro atoms. The first kappa shape index (κ1) is 32.0. The number of ether oxygens (including phenoxy) is 3. The highest BCUT2D eigenvalue weighted by Gasteiger charge is 2.34. The normalized spacial score (nSPS) is 11.5. The van der Waals surface area contributed by atoms with E-state index in [9.17, 15) is 23.2 Å². The maximum Gasteiger partial charge on any atom is 0.407 e. The van der Waals surface area contributed by atoms with Crippen LogP contribution in [0.15, 0.2) is 83.8 Å². The molecule has 12 heteroatoms. The van der Waals surface area contributed by atoms with Crippen molar-refractivity contribution in [2.24, 2.45) is 0 Å². The molecule has 0 fully saturated rings. The van der Waals surface area contributed by atoms with Gasteiger partial charge in [-0.2, -0.15) is 4.31 Å². The van der Waals surface area contributed by atoms with Crippen molar-refractivity contribution in [3.8, 4) is 23.3 Å². The summed E-state index contributed by atoms with van der Waals surface area (Å²) in [6.07, 6.45) is -0.0178. The lowest BCUT2D eigenvalue weighted by atomic mass is 10.1. The Labute approximate surface area is 245 Å². The summed E-state index contributed by atoms with van der Waals surface area (Å²) in [6, 6.07) is 19.9. The standard InChI is InChI=1S/C30H33N3O8S/c1-3-4-20-39-26-15-17-27(18-16-26)42(37,38)33(2)28(29(34)32-36)24-11-13-25(14-12-24)40-21-8-19-31-30(35)41-22-23-9-6-5-7-10-23/h5-7,9-18,28,36H,8,19-22H2,1-2H3,(H,31,35)(H,32,34). The number of hydroxylamine groups is 1. The van der Waals surface area contributed by atoms with E-state index in [0.29, 0.717) is 30.0 Å². The lowest BCUT2D eigenvalue weighted by Crippen LogP contribution is -2.40. The smallest absolute Gasteiger partial charge is 0.407 e. The molecule has 3 rings (SSSR count). The number of nitrogens with zero attached hydrogens (tertiary/aromatic N) is 1. The van der Waals surface area contributed by atoms with Crippen molar-refractivity contribution >= 4 is 22.0 Å². The fraction of sp³-hybridized carbons (Fsp3) is 0.267. The predicted molar refractivity (Wildman–Crippen MR) is 154 cm³/mol. The summed E-state index contributed by atoms with van der Waals surface area (Å²) in [4.78, 5) is 24.3. The summed E-state index contributed by atoms with van der Waals surface area (Å²) >= 11 is 0. The Morgan fingerprint density at radius 3 is 2.24 bits per heavy atom. The molecule has 0 bridgehead atoms. The Kier molecular flexibility index (Phi) is 12.2. The van der Waals surface area contributed by atoms with Gasteiger partial charge < -0.3 is 19.5 Å². The van der Waals surface area contributed by atoms with Crippen LogP contribution < -0.4 is 20.3 Å². The van der Waals surface area contributed by atoms with Gasteiger partial charge in [0.05, 0.1) is 11.5 Å². The van der Waals surface area contributed by atoms with Gasteiger partial charge in [0.2, 0.25) is 10.0 Å². The van der Waals surface area contributed by atoms with Crippen LogP contribution in [0.4, 0.5) is 4.79 Å². The van der Waals surface area contributed by atoms with Gasteiger partial charge in [-0.3, -0.25) is 10.0 Å². The fourth-order valence-electron chi connectivity index (χ4n) is 3.77. The first-order valence-corrected chi connectivity index (χ1v) is 14.4. The molecule has 3 N–H and O–H groups in total. The molecular weight excluding hydrogens is 562 g/mol. The van der Waals surface area contributed by atoms with Crippen LogP contribution in [-0.4, -0.2) is 56.7 Å². The molecule has 1 atom stereocenters. The number of nitrogens with one attached hydrogen (secondary N) is 2. The predicted octanol–water partition coefficient (Wildman–Crippen LogP) is 3.65. The Balaban J connectivity index is 1.54. The zero-order valence-electron chi connectivity index (χ0n) is 23.3. The first-order valence-electron chi connectivity index (χ1n) is 13.0. The molecule has 3 aromatic carbocycles. The van der Waals surface area contributed by atoms with Gasteiger partial charge in [-0.25, -0.2) is 18.7 Å². The minimum absolute atomic E-state index is 0.0628. The third-order valence-corrected chi connectivity index (χ3v) is 7.82. The third kappa shape index (κ3) is 9.24. The van der Waals surface area contributed by atoms with E-state index in [4.69, 9.17) is 14.2 Å². The van der Waals surface area contributed by atoms with Gasteiger partial charge in [-0.15, -0.1) is 5.92 Å². The number of carbonyl (C=O) groups excluding carboxylic acids is 2. The van der Waals surface area contributed by atoms with E-state index in [1.165, 1.54) is 43.4 Å². The molecule has 11 nitrogen and oxygen atoms in total. The summed E-state index contributed by atoms with van der Waals surface area (Å²) in [5.74, 6) is 5.44. The lowest BCUT2D eigenvalue weighted by Gasteiger charge is -2.26. The molecule has 222 valence electrons. The summed E-state index contributed by atoms with van der Waals surface area (Å²) in [7, 11) is -2.89. The monoisotopic (exact) mass is 595 g/mol. The second kappa shape index (κ2) is 16.0. The van der Waals surface area contributed by atoms with E-state index < -0.39 is 28.1 Å². The lowest BCUT2D eigenvalue weighted by molar-refractivity contribution is -0.133. The summed E-state index contributed by atoms with van der Waals surface area (Å²) in [6.45, 7) is 2.66. The molecule has 1 unspecified atom stereocenters. The van der Waals surface area contributed by atoms with Gasteiger partial charge >= 0.3 is 6.09 Å². The fourth-order valence-corrected chi connectivity index (χ4v) is 5.07. The SMILES string of the molecule is CC#CCOc1ccc(S(=O)(=O)N(C)C(C(=O)NO)c2ccc(OCCCNC(=O)OCc3ccccc3)cc2)cc1. The number of likely N-dealkylation sites (N-methyl/N-ethyl adjacent to an activating group) is 1. The van der Waals surface area contributed by atoms with Crippen molar-refractivity contribution in [2.75, 3.05) is 26.8 Å². The van der Waals surface area contributed by atoms with Gasteiger partial charge in [0.25, 0.3) is 5.91 Å². The zero-order chi connectivity index (χ0) is 30.4. The number of sulfonamides is 1. The summed E-state index contributed by atoms with van der Waals surface area (Å²) in [5.41, 5.74) is 2.74. The number of rotatable bonds is 14. The third-order valence-electron chi connectivity index (χ3n) is 5.98. The van der Waals surface area contributed by atoms with Crippen LogP contribution >= 0.6 is 0 Å². The number of benzene rings is 3. The number of amides is 2. The highest BCUT2D eigenvalue weighted by molar-refractivity contribution is 7.89. The number of hydrogen-bond acceptors (Lipinski definition) is 8. The minimum atomic E-state index is -4.14. The quantitative estimate of drug-likeness (QED) is 0.111. The van der Waals surface area contributed by atoms with Crippen molar-refractivity contribution in [3.05, 3.63) is 90.0 Å². The van der Waals surface area contributed by atoms with E-state index in [-0.39, 0.29) is 24.7 Å². The Morgan fingerprint density at radius 2 is 1.60 bits per heavy atom. The molecule has 0 radical (unpaired) electrons. The largest absolute Gasteiger partial charge is 0.494 e. The molecule has 42 heavy (non-hydrogen) atoms. The zero-order valence-corrected chi connectivity index (χ0v) is 24.1. The highest BCUT2D eigenvalue weighted by atomic mass is 32.2. The molecule has 2 amide bonds. The van der Waals surface area contributed by atoms with E-state index in [1.54, 1.807) is 24.5 Å². The molecule has 0 heterocycles. The minimum Gasteiger partial charge on any atom is -0.494 e. The molecule has 0 saturated heterocycles. The highest BCUT2D eigenvalue weighted by Crippen LogP contribution is 2.28. The van der Waals surface area contributed by atoms with E-state index in [2.05, 4.69) is 17.2 Å². The number of hydrogen-bond donors (Lipinski definition) is 3. The maximum absolute atomic E-state index is 13.3. The first-order chi connectivity index (χ1) is 20.3. The molecule has 0 aliphatic heterocycles. The second-order valence-electron chi connectivity index (χ2n) is 8.85. The van der Waals surface area contributed by atoms with Crippen LogP contribution in [0.1, 0.15) is 30.5 Å². The van der Waals surface area contributed by atoms with Crippen LogP contribution in [0.3, 0.4) is 0 Å². The van der Waals surface area contributed by atoms with Crippen molar-refractivity contribution in [3.63, 3.8) is 0 Å². The van der Waals surface area contributed by atoms with Crippen LogP contribution in [-0.2, 0) is 26.2 Å². The Hall–Kier alpha value is -4.57. The summed E-state index contributed by atoms with van der Waals surface area (Å²) < 4.78 is 43.7. The van der Waals surface area contributed by atoms with Crippen molar-refractivity contribution in [1.29, 1.82) is 0 Å². The molecule has 0 aromatic heterocycles. The molecule has 0 aliphatic carbocycles. The van der Waals surface area contributed by atoms with Gasteiger partial charge in [0.1, 0.15) is 30.8 Å². The van der Waals surface area contributed by atoms with Gasteiger partial charge in [0.15, 0.2) is 0 Å². The summed E-state index contributed by atoms with van der Waals surface area (Å²) in [5, 5.41) is 12.0. The molecule has 0 saturated carbocycles. The van der Waals surface area contributed by atoms with Crippen LogP contribution in [0.5, 0.6) is 11.5 Å². The number of alkyl carbamates (subject to hydrolysis) is 1.